The normalized spacial score (nSPS) is 10.7. The number of carbonyl (C=O) groups excluding carboxylic acids is 2. The van der Waals surface area contributed by atoms with Crippen LogP contribution in [0.3, 0.4) is 0 Å². The second-order valence-electron chi connectivity index (χ2n) is 6.78. The van der Waals surface area contributed by atoms with E-state index in [1.807, 2.05) is 35.8 Å². The van der Waals surface area contributed by atoms with Crippen LogP contribution in [-0.4, -0.2) is 32.3 Å². The van der Waals surface area contributed by atoms with E-state index in [1.54, 1.807) is 36.7 Å². The number of aromatic nitrogens is 3. The average Bonchev–Trinajstić information content (AvgIpc) is 3.47. The average molecular weight is 468 g/mol. The van der Waals surface area contributed by atoms with Crippen molar-refractivity contribution < 1.29 is 14.0 Å². The minimum atomic E-state index is -0.451. The van der Waals surface area contributed by atoms with Crippen molar-refractivity contribution in [3.05, 3.63) is 83.5 Å². The molecule has 8 nitrogen and oxygen atoms in total. The van der Waals surface area contributed by atoms with Crippen molar-refractivity contribution >= 4 is 46.6 Å². The molecule has 2 aromatic heterocycles. The zero-order chi connectivity index (χ0) is 22.5. The number of thioether (sulfide) groups is 1. The highest BCUT2D eigenvalue weighted by Gasteiger charge is 2.15. The maximum absolute atomic E-state index is 12.6. The van der Waals surface area contributed by atoms with Crippen molar-refractivity contribution in [3.63, 3.8) is 0 Å². The van der Waals surface area contributed by atoms with Gasteiger partial charge in [-0.3, -0.25) is 14.2 Å². The topological polar surface area (TPSA) is 102 Å². The first kappa shape index (κ1) is 21.7. The molecule has 10 heteroatoms. The van der Waals surface area contributed by atoms with E-state index in [0.29, 0.717) is 21.6 Å². The zero-order valence-electron chi connectivity index (χ0n) is 16.9. The van der Waals surface area contributed by atoms with Gasteiger partial charge < -0.3 is 15.1 Å². The van der Waals surface area contributed by atoms with Crippen LogP contribution < -0.4 is 10.6 Å². The van der Waals surface area contributed by atoms with Gasteiger partial charge in [-0.2, -0.15) is 0 Å². The fraction of sp³-hybridized carbons (Fsp3) is 0.0909. The number of hydrogen-bond acceptors (Lipinski definition) is 6. The van der Waals surface area contributed by atoms with Crippen LogP contribution in [-0.2, 0) is 4.79 Å². The molecule has 2 heterocycles. The molecular formula is C22H18ClN5O3S. The van der Waals surface area contributed by atoms with Gasteiger partial charge in [0.2, 0.25) is 5.91 Å². The van der Waals surface area contributed by atoms with Gasteiger partial charge in [-0.05, 0) is 49.4 Å². The Morgan fingerprint density at radius 1 is 1.09 bits per heavy atom. The number of nitrogens with zero attached hydrogens (tertiary/aromatic N) is 3. The lowest BCUT2D eigenvalue weighted by Gasteiger charge is -2.12. The number of hydrogen-bond donors (Lipinski definition) is 2. The minimum Gasteiger partial charge on any atom is -0.459 e. The van der Waals surface area contributed by atoms with Crippen molar-refractivity contribution in [1.82, 2.24) is 14.8 Å². The Labute approximate surface area is 193 Å². The molecule has 162 valence electrons. The standard InChI is InChI=1S/C22H18ClN5O3S/c1-14-4-7-16(8-5-14)28-13-24-27-22(28)32-12-20(29)25-17-9-6-15(23)11-18(17)26-21(30)19-3-2-10-31-19/h2-11,13H,12H2,1H3,(H,25,29)(H,26,30). The SMILES string of the molecule is Cc1ccc(-n2cnnc2SCC(=O)Nc2ccc(Cl)cc2NC(=O)c2ccco2)cc1. The third kappa shape index (κ3) is 5.19. The van der Waals surface area contributed by atoms with Crippen LogP contribution in [0.1, 0.15) is 16.1 Å². The molecule has 0 radical (unpaired) electrons. The molecule has 0 unspecified atom stereocenters. The number of anilines is 2. The van der Waals surface area contributed by atoms with Crippen molar-refractivity contribution in [2.24, 2.45) is 0 Å². The highest BCUT2D eigenvalue weighted by atomic mass is 35.5. The molecule has 4 rings (SSSR count). The van der Waals surface area contributed by atoms with Gasteiger partial charge in [-0.15, -0.1) is 10.2 Å². The molecule has 0 atom stereocenters. The third-order valence-corrected chi connectivity index (χ3v) is 5.59. The number of nitrogens with one attached hydrogen (secondary N) is 2. The molecule has 2 aromatic carbocycles. The number of carbonyl (C=O) groups is 2. The van der Waals surface area contributed by atoms with Crippen molar-refractivity contribution in [2.75, 3.05) is 16.4 Å². The number of halogens is 1. The lowest BCUT2D eigenvalue weighted by molar-refractivity contribution is -0.113. The summed E-state index contributed by atoms with van der Waals surface area (Å²) in [7, 11) is 0. The number of furan rings is 1. The molecule has 4 aromatic rings. The van der Waals surface area contributed by atoms with Gasteiger partial charge >= 0.3 is 0 Å². The van der Waals surface area contributed by atoms with Gasteiger partial charge in [0, 0.05) is 10.7 Å². The Morgan fingerprint density at radius 3 is 2.66 bits per heavy atom. The maximum Gasteiger partial charge on any atom is 0.291 e. The first-order chi connectivity index (χ1) is 15.5. The van der Waals surface area contributed by atoms with Crippen molar-refractivity contribution in [3.8, 4) is 5.69 Å². The van der Waals surface area contributed by atoms with E-state index < -0.39 is 5.91 Å². The van der Waals surface area contributed by atoms with Gasteiger partial charge in [0.25, 0.3) is 5.91 Å². The van der Waals surface area contributed by atoms with Crippen LogP contribution in [0, 0.1) is 6.92 Å². The molecular weight excluding hydrogens is 450 g/mol. The summed E-state index contributed by atoms with van der Waals surface area (Å²) in [6.45, 7) is 2.01. The van der Waals surface area contributed by atoms with Gasteiger partial charge in [0.1, 0.15) is 6.33 Å². The molecule has 2 N–H and O–H groups in total. The van der Waals surface area contributed by atoms with Gasteiger partial charge in [0.15, 0.2) is 10.9 Å². The third-order valence-electron chi connectivity index (χ3n) is 4.41. The molecule has 0 bridgehead atoms. The van der Waals surface area contributed by atoms with Crippen molar-refractivity contribution in [2.45, 2.75) is 12.1 Å². The quantitative estimate of drug-likeness (QED) is 0.378. The second-order valence-corrected chi connectivity index (χ2v) is 8.16. The van der Waals surface area contributed by atoms with Crippen molar-refractivity contribution in [1.29, 1.82) is 0 Å². The molecule has 32 heavy (non-hydrogen) atoms. The van der Waals surface area contributed by atoms with E-state index in [0.717, 1.165) is 11.3 Å². The Balaban J connectivity index is 1.42. The molecule has 0 spiro atoms. The molecule has 0 fully saturated rings. The predicted molar refractivity (Wildman–Crippen MR) is 124 cm³/mol. The predicted octanol–water partition coefficient (Wildman–Crippen LogP) is 4.81. The first-order valence-electron chi connectivity index (χ1n) is 9.54. The summed E-state index contributed by atoms with van der Waals surface area (Å²) >= 11 is 7.32. The zero-order valence-corrected chi connectivity index (χ0v) is 18.5. The lowest BCUT2D eigenvalue weighted by Crippen LogP contribution is -2.18. The van der Waals surface area contributed by atoms with Crippen LogP contribution in [0.5, 0.6) is 0 Å². The molecule has 0 aliphatic carbocycles. The fourth-order valence-corrected chi connectivity index (χ4v) is 3.74. The lowest BCUT2D eigenvalue weighted by atomic mass is 10.2. The molecule has 0 saturated carbocycles. The Bertz CT molecular complexity index is 1240. The summed E-state index contributed by atoms with van der Waals surface area (Å²) in [6, 6.07) is 15.9. The van der Waals surface area contributed by atoms with E-state index in [4.69, 9.17) is 16.0 Å². The summed E-state index contributed by atoms with van der Waals surface area (Å²) in [5.74, 6) is -0.482. The Kier molecular flexibility index (Phi) is 6.58. The second kappa shape index (κ2) is 9.71. The number of amides is 2. The van der Waals surface area contributed by atoms with Crippen LogP contribution in [0.25, 0.3) is 5.69 Å². The highest BCUT2D eigenvalue weighted by molar-refractivity contribution is 7.99. The summed E-state index contributed by atoms with van der Waals surface area (Å²) < 4.78 is 6.92. The molecule has 0 aliphatic heterocycles. The van der Waals surface area contributed by atoms with Gasteiger partial charge in [0.05, 0.1) is 23.4 Å². The minimum absolute atomic E-state index is 0.0960. The largest absolute Gasteiger partial charge is 0.459 e. The van der Waals surface area contributed by atoms with Crippen LogP contribution in [0.15, 0.2) is 76.8 Å². The van der Waals surface area contributed by atoms with Gasteiger partial charge in [-0.1, -0.05) is 41.1 Å². The van der Waals surface area contributed by atoms with E-state index in [1.165, 1.54) is 18.0 Å². The Hall–Kier alpha value is -3.56. The Morgan fingerprint density at radius 2 is 1.91 bits per heavy atom. The maximum atomic E-state index is 12.6. The molecule has 0 saturated heterocycles. The molecule has 2 amide bonds. The van der Waals surface area contributed by atoms with E-state index in [-0.39, 0.29) is 17.4 Å². The first-order valence-corrected chi connectivity index (χ1v) is 10.9. The monoisotopic (exact) mass is 467 g/mol. The highest BCUT2D eigenvalue weighted by Crippen LogP contribution is 2.27. The summed E-state index contributed by atoms with van der Waals surface area (Å²) in [5.41, 5.74) is 2.83. The van der Waals surface area contributed by atoms with Gasteiger partial charge in [-0.25, -0.2) is 0 Å². The summed E-state index contributed by atoms with van der Waals surface area (Å²) in [4.78, 5) is 24.9. The smallest absolute Gasteiger partial charge is 0.291 e. The number of benzene rings is 2. The fourth-order valence-electron chi connectivity index (χ4n) is 2.84. The van der Waals surface area contributed by atoms with Crippen LogP contribution in [0.2, 0.25) is 5.02 Å². The number of rotatable bonds is 7. The summed E-state index contributed by atoms with van der Waals surface area (Å²) in [6.07, 6.45) is 3.01. The number of aryl methyl sites for hydroxylation is 1. The van der Waals surface area contributed by atoms with Crippen LogP contribution in [0.4, 0.5) is 11.4 Å². The summed E-state index contributed by atoms with van der Waals surface area (Å²) in [5, 5.41) is 14.6. The molecule has 0 aliphatic rings. The van der Waals surface area contributed by atoms with E-state index >= 15 is 0 Å². The van der Waals surface area contributed by atoms with E-state index in [2.05, 4.69) is 20.8 Å². The van der Waals surface area contributed by atoms with E-state index in [9.17, 15) is 9.59 Å². The van der Waals surface area contributed by atoms with Crippen LogP contribution >= 0.6 is 23.4 Å².